The molecule has 0 unspecified atom stereocenters. The first-order valence-corrected chi connectivity index (χ1v) is 10.8. The Morgan fingerprint density at radius 3 is 2.67 bits per heavy atom. The molecule has 0 saturated carbocycles. The Morgan fingerprint density at radius 1 is 1.18 bits per heavy atom. The molecule has 11 nitrogen and oxygen atoms in total. The summed E-state index contributed by atoms with van der Waals surface area (Å²) in [6.45, 7) is 1.77. The van der Waals surface area contributed by atoms with Crippen LogP contribution >= 0.6 is 11.8 Å². The summed E-state index contributed by atoms with van der Waals surface area (Å²) in [7, 11) is 1.57. The summed E-state index contributed by atoms with van der Waals surface area (Å²) in [6, 6.07) is 17.1. The standard InChI is InChI=1S/C21H20N8O3S/c1-13(15-10-6-7-11-17(15)31-2)23-25-21(30)18-16(12-33-14-8-4-3-5-9-14)29(28-24-18)20-19(22)26-32-27-20/h3-11H,12H2,1-2H3,(H2,22,26)(H,25,30)/b23-13-. The van der Waals surface area contributed by atoms with Gasteiger partial charge < -0.3 is 10.5 Å². The van der Waals surface area contributed by atoms with Crippen LogP contribution in [0.5, 0.6) is 5.75 Å². The highest BCUT2D eigenvalue weighted by atomic mass is 32.2. The molecule has 0 aliphatic rings. The van der Waals surface area contributed by atoms with Crippen molar-refractivity contribution in [2.24, 2.45) is 5.10 Å². The lowest BCUT2D eigenvalue weighted by Crippen LogP contribution is -2.21. The number of nitrogens with two attached hydrogens (primary N) is 1. The molecule has 3 N–H and O–H groups in total. The van der Waals surface area contributed by atoms with Gasteiger partial charge in [-0.15, -0.1) is 16.9 Å². The number of aromatic nitrogens is 5. The van der Waals surface area contributed by atoms with Gasteiger partial charge in [0.05, 0.1) is 18.5 Å². The van der Waals surface area contributed by atoms with E-state index in [0.29, 0.717) is 22.9 Å². The Bertz CT molecular complexity index is 1290. The van der Waals surface area contributed by atoms with Crippen LogP contribution < -0.4 is 15.9 Å². The van der Waals surface area contributed by atoms with Gasteiger partial charge in [-0.2, -0.15) is 9.78 Å². The second-order valence-electron chi connectivity index (χ2n) is 6.71. The molecule has 2 heterocycles. The monoisotopic (exact) mass is 464 g/mol. The van der Waals surface area contributed by atoms with Crippen molar-refractivity contribution < 1.29 is 14.2 Å². The number of anilines is 1. The SMILES string of the molecule is COc1ccccc1/C(C)=N\NC(=O)c1nnn(-c2nonc2N)c1CSc1ccccc1. The molecule has 4 aromatic rings. The smallest absolute Gasteiger partial charge is 0.293 e. The highest BCUT2D eigenvalue weighted by Crippen LogP contribution is 2.26. The lowest BCUT2D eigenvalue weighted by atomic mass is 10.1. The van der Waals surface area contributed by atoms with Crippen LogP contribution in [0.15, 0.2) is 69.2 Å². The number of hydrogen-bond acceptors (Lipinski definition) is 10. The highest BCUT2D eigenvalue weighted by Gasteiger charge is 2.24. The molecule has 1 amide bonds. The Hall–Kier alpha value is -4.19. The highest BCUT2D eigenvalue weighted by molar-refractivity contribution is 7.98. The van der Waals surface area contributed by atoms with Gasteiger partial charge in [0, 0.05) is 16.2 Å². The summed E-state index contributed by atoms with van der Waals surface area (Å²) in [6.07, 6.45) is 0. The third-order valence-corrected chi connectivity index (χ3v) is 5.64. The minimum Gasteiger partial charge on any atom is -0.496 e. The van der Waals surface area contributed by atoms with Crippen LogP contribution in [-0.4, -0.2) is 44.0 Å². The van der Waals surface area contributed by atoms with Crippen LogP contribution in [0.25, 0.3) is 5.82 Å². The fourth-order valence-electron chi connectivity index (χ4n) is 2.98. The molecule has 2 aromatic carbocycles. The molecule has 0 saturated heterocycles. The number of methoxy groups -OCH3 is 1. The van der Waals surface area contributed by atoms with E-state index in [1.807, 2.05) is 54.6 Å². The average Bonchev–Trinajstić information content (AvgIpc) is 3.47. The minimum absolute atomic E-state index is 0.0304. The first-order chi connectivity index (χ1) is 16.1. The van der Waals surface area contributed by atoms with Gasteiger partial charge in [0.15, 0.2) is 5.69 Å². The lowest BCUT2D eigenvalue weighted by molar-refractivity contribution is 0.0949. The molecule has 0 atom stereocenters. The van der Waals surface area contributed by atoms with Crippen molar-refractivity contribution in [2.75, 3.05) is 12.8 Å². The number of ether oxygens (including phenoxy) is 1. The minimum atomic E-state index is -0.533. The van der Waals surface area contributed by atoms with Crippen molar-refractivity contribution in [3.05, 3.63) is 71.5 Å². The van der Waals surface area contributed by atoms with E-state index in [-0.39, 0.29) is 17.3 Å². The van der Waals surface area contributed by atoms with Gasteiger partial charge in [-0.3, -0.25) is 4.79 Å². The van der Waals surface area contributed by atoms with Gasteiger partial charge in [-0.05, 0) is 41.5 Å². The maximum atomic E-state index is 13.0. The summed E-state index contributed by atoms with van der Waals surface area (Å²) in [5.74, 6) is 0.658. The topological polar surface area (TPSA) is 146 Å². The lowest BCUT2D eigenvalue weighted by Gasteiger charge is -2.08. The van der Waals surface area contributed by atoms with Crippen LogP contribution in [0.3, 0.4) is 0 Å². The predicted molar refractivity (Wildman–Crippen MR) is 122 cm³/mol. The van der Waals surface area contributed by atoms with Gasteiger partial charge in [0.2, 0.25) is 11.6 Å². The summed E-state index contributed by atoms with van der Waals surface area (Å²) >= 11 is 1.50. The number of nitrogen functional groups attached to an aromatic ring is 1. The van der Waals surface area contributed by atoms with Crippen LogP contribution in [0.1, 0.15) is 28.7 Å². The van der Waals surface area contributed by atoms with E-state index >= 15 is 0 Å². The number of hydrazone groups is 1. The van der Waals surface area contributed by atoms with Crippen molar-refractivity contribution >= 4 is 29.2 Å². The van der Waals surface area contributed by atoms with Crippen molar-refractivity contribution in [3.8, 4) is 11.6 Å². The van der Waals surface area contributed by atoms with Gasteiger partial charge in [0.1, 0.15) is 5.75 Å². The molecule has 0 bridgehead atoms. The first kappa shape index (κ1) is 22.0. The zero-order chi connectivity index (χ0) is 23.2. The zero-order valence-corrected chi connectivity index (χ0v) is 18.6. The third kappa shape index (κ3) is 4.85. The van der Waals surface area contributed by atoms with E-state index < -0.39 is 5.91 Å². The number of carbonyl (C=O) groups is 1. The summed E-state index contributed by atoms with van der Waals surface area (Å²) in [5.41, 5.74) is 10.2. The van der Waals surface area contributed by atoms with E-state index in [9.17, 15) is 4.79 Å². The van der Waals surface area contributed by atoms with Gasteiger partial charge in [-0.1, -0.05) is 35.5 Å². The maximum Gasteiger partial charge on any atom is 0.293 e. The molecule has 33 heavy (non-hydrogen) atoms. The van der Waals surface area contributed by atoms with Crippen molar-refractivity contribution in [3.63, 3.8) is 0 Å². The van der Waals surface area contributed by atoms with E-state index in [1.54, 1.807) is 14.0 Å². The van der Waals surface area contributed by atoms with E-state index in [0.717, 1.165) is 10.5 Å². The Balaban J connectivity index is 1.61. The van der Waals surface area contributed by atoms with Crippen LogP contribution in [0, 0.1) is 0 Å². The van der Waals surface area contributed by atoms with Crippen molar-refractivity contribution in [1.29, 1.82) is 0 Å². The van der Waals surface area contributed by atoms with E-state index in [1.165, 1.54) is 16.4 Å². The van der Waals surface area contributed by atoms with Gasteiger partial charge in [-0.25, -0.2) is 10.1 Å². The quantitative estimate of drug-likeness (QED) is 0.228. The normalized spacial score (nSPS) is 11.4. The number of hydrogen-bond donors (Lipinski definition) is 2. The molecule has 0 radical (unpaired) electrons. The largest absolute Gasteiger partial charge is 0.496 e. The number of amides is 1. The second-order valence-corrected chi connectivity index (χ2v) is 7.76. The summed E-state index contributed by atoms with van der Waals surface area (Å²) in [5, 5.41) is 19.6. The molecule has 0 aliphatic heterocycles. The zero-order valence-electron chi connectivity index (χ0n) is 17.8. The molecule has 4 rings (SSSR count). The number of benzene rings is 2. The van der Waals surface area contributed by atoms with Crippen LogP contribution in [0.4, 0.5) is 5.82 Å². The van der Waals surface area contributed by atoms with Crippen LogP contribution in [0.2, 0.25) is 0 Å². The fourth-order valence-corrected chi connectivity index (χ4v) is 3.89. The van der Waals surface area contributed by atoms with Crippen LogP contribution in [-0.2, 0) is 5.75 Å². The maximum absolute atomic E-state index is 13.0. The molecular formula is C21H20N8O3S. The molecule has 0 spiro atoms. The second kappa shape index (κ2) is 9.96. The fraction of sp³-hybridized carbons (Fsp3) is 0.143. The average molecular weight is 465 g/mol. The number of carbonyl (C=O) groups excluding carboxylic acids is 1. The summed E-state index contributed by atoms with van der Waals surface area (Å²) in [4.78, 5) is 14.0. The Kier molecular flexibility index (Phi) is 6.64. The van der Waals surface area contributed by atoms with Gasteiger partial charge >= 0.3 is 0 Å². The third-order valence-electron chi connectivity index (χ3n) is 4.62. The Labute approximate surface area is 193 Å². The van der Waals surface area contributed by atoms with E-state index in [2.05, 4.69) is 35.8 Å². The molecule has 2 aromatic heterocycles. The predicted octanol–water partition coefficient (Wildman–Crippen LogP) is 2.69. The number of para-hydroxylation sites is 1. The first-order valence-electron chi connectivity index (χ1n) is 9.77. The Morgan fingerprint density at radius 2 is 1.94 bits per heavy atom. The summed E-state index contributed by atoms with van der Waals surface area (Å²) < 4.78 is 11.4. The van der Waals surface area contributed by atoms with Gasteiger partial charge in [0.25, 0.3) is 5.91 Å². The molecular weight excluding hydrogens is 444 g/mol. The number of thioether (sulfide) groups is 1. The molecule has 0 fully saturated rings. The number of nitrogens with zero attached hydrogens (tertiary/aromatic N) is 6. The number of rotatable bonds is 8. The van der Waals surface area contributed by atoms with E-state index in [4.69, 9.17) is 10.5 Å². The number of nitrogens with one attached hydrogen (secondary N) is 1. The molecule has 12 heteroatoms. The molecule has 168 valence electrons. The van der Waals surface area contributed by atoms with Crippen molar-refractivity contribution in [2.45, 2.75) is 17.6 Å². The molecule has 0 aliphatic carbocycles. The van der Waals surface area contributed by atoms with Crippen molar-refractivity contribution in [1.82, 2.24) is 30.7 Å².